The molecular weight excluding hydrogens is 550 g/mol. The summed E-state index contributed by atoms with van der Waals surface area (Å²) in [6.45, 7) is 6.37. The lowest BCUT2D eigenvalue weighted by molar-refractivity contribution is -0.134. The van der Waals surface area contributed by atoms with Gasteiger partial charge in [-0.1, -0.05) is 41.9 Å². The minimum absolute atomic E-state index is 0.241. The first kappa shape index (κ1) is 28.7. The number of methoxy groups -OCH3 is 1. The van der Waals surface area contributed by atoms with Crippen molar-refractivity contribution in [2.24, 2.45) is 16.9 Å². The normalized spacial score (nSPS) is 11.7. The predicted molar refractivity (Wildman–Crippen MR) is 152 cm³/mol. The molecule has 0 spiro atoms. The Morgan fingerprint density at radius 2 is 1.66 bits per heavy atom. The van der Waals surface area contributed by atoms with Crippen LogP contribution in [-0.2, 0) is 16.2 Å². The molecule has 9 heteroatoms. The number of nitrogens with one attached hydrogen (secondary N) is 2. The number of hydrazone groups is 1. The zero-order valence-electron chi connectivity index (χ0n) is 21.9. The summed E-state index contributed by atoms with van der Waals surface area (Å²) in [5.41, 5.74) is 4.79. The maximum absolute atomic E-state index is 12.8. The van der Waals surface area contributed by atoms with Crippen LogP contribution in [0.2, 0.25) is 0 Å². The molecule has 0 aliphatic rings. The van der Waals surface area contributed by atoms with E-state index in [0.717, 1.165) is 10.0 Å². The summed E-state index contributed by atoms with van der Waals surface area (Å²) in [7, 11) is 1.57. The van der Waals surface area contributed by atoms with Crippen LogP contribution < -0.4 is 25.0 Å². The summed E-state index contributed by atoms with van der Waals surface area (Å²) < 4.78 is 17.8. The molecule has 3 aromatic rings. The van der Waals surface area contributed by atoms with Crippen LogP contribution in [-0.4, -0.2) is 31.7 Å². The van der Waals surface area contributed by atoms with E-state index >= 15 is 0 Å². The van der Waals surface area contributed by atoms with Gasteiger partial charge in [0.2, 0.25) is 5.91 Å². The van der Waals surface area contributed by atoms with Crippen LogP contribution >= 0.6 is 15.9 Å². The second-order valence-corrected chi connectivity index (χ2v) is 9.64. The van der Waals surface area contributed by atoms with Crippen LogP contribution in [0.25, 0.3) is 0 Å². The average molecular weight is 582 g/mol. The van der Waals surface area contributed by atoms with Gasteiger partial charge in [0.15, 0.2) is 11.5 Å². The third-order valence-electron chi connectivity index (χ3n) is 5.55. The van der Waals surface area contributed by atoms with Crippen molar-refractivity contribution < 1.29 is 23.8 Å². The largest absolute Gasteiger partial charge is 0.497 e. The minimum Gasteiger partial charge on any atom is -0.497 e. The highest BCUT2D eigenvalue weighted by molar-refractivity contribution is 9.10. The number of hydrogen-bond donors (Lipinski definition) is 2. The Morgan fingerprint density at radius 1 is 0.947 bits per heavy atom. The number of carbonyl (C=O) groups is 2. The van der Waals surface area contributed by atoms with Gasteiger partial charge in [0, 0.05) is 10.2 Å². The predicted octanol–water partition coefficient (Wildman–Crippen LogP) is 5.80. The fourth-order valence-corrected chi connectivity index (χ4v) is 3.86. The molecule has 2 N–H and O–H groups in total. The van der Waals surface area contributed by atoms with Crippen LogP contribution in [0, 0.1) is 11.8 Å². The monoisotopic (exact) mass is 581 g/mol. The van der Waals surface area contributed by atoms with Crippen molar-refractivity contribution in [2.45, 2.75) is 27.4 Å². The first-order valence-electron chi connectivity index (χ1n) is 12.2. The molecule has 0 saturated carbocycles. The number of carbonyl (C=O) groups excluding carboxylic acids is 2. The van der Waals surface area contributed by atoms with Crippen LogP contribution in [0.4, 0.5) is 5.69 Å². The standard InChI is InChI=1S/C29H32BrN3O5/c1-5-37-26-16-21(8-15-25(26)38-18-20-6-9-22(30)10-7-20)17-31-33-29(35)27(19(2)3)28(34)32-23-11-13-24(36-4)14-12-23/h6-17,19,27H,5,18H2,1-4H3,(H,32,34)(H,33,35). The zero-order chi connectivity index (χ0) is 27.5. The number of amides is 2. The fourth-order valence-electron chi connectivity index (χ4n) is 3.59. The summed E-state index contributed by atoms with van der Waals surface area (Å²) in [5, 5.41) is 6.85. The summed E-state index contributed by atoms with van der Waals surface area (Å²) in [6.07, 6.45) is 1.50. The lowest BCUT2D eigenvalue weighted by Crippen LogP contribution is -2.39. The SMILES string of the molecule is CCOc1cc(C=NNC(=O)C(C(=O)Nc2ccc(OC)cc2)C(C)C)ccc1OCc1ccc(Br)cc1. The van der Waals surface area contributed by atoms with Crippen LogP contribution in [0.1, 0.15) is 31.9 Å². The molecule has 0 aliphatic heterocycles. The number of halogens is 1. The average Bonchev–Trinajstić information content (AvgIpc) is 2.89. The van der Waals surface area contributed by atoms with Gasteiger partial charge in [0.1, 0.15) is 18.3 Å². The first-order chi connectivity index (χ1) is 18.3. The Morgan fingerprint density at radius 3 is 2.29 bits per heavy atom. The van der Waals surface area contributed by atoms with Gasteiger partial charge in [0.25, 0.3) is 5.91 Å². The van der Waals surface area contributed by atoms with E-state index in [1.165, 1.54) is 6.21 Å². The van der Waals surface area contributed by atoms with Crippen LogP contribution in [0.5, 0.6) is 17.2 Å². The zero-order valence-corrected chi connectivity index (χ0v) is 23.4. The molecule has 3 rings (SSSR count). The number of ether oxygens (including phenoxy) is 3. The minimum atomic E-state index is -0.928. The van der Waals surface area contributed by atoms with Gasteiger partial charge in [-0.15, -0.1) is 0 Å². The molecule has 0 fully saturated rings. The molecule has 200 valence electrons. The highest BCUT2D eigenvalue weighted by atomic mass is 79.9. The smallest absolute Gasteiger partial charge is 0.252 e. The summed E-state index contributed by atoms with van der Waals surface area (Å²) in [4.78, 5) is 25.6. The van der Waals surface area contributed by atoms with E-state index in [4.69, 9.17) is 14.2 Å². The quantitative estimate of drug-likeness (QED) is 0.160. The molecule has 1 atom stereocenters. The Bertz CT molecular complexity index is 1240. The molecule has 0 aliphatic carbocycles. The summed E-state index contributed by atoms with van der Waals surface area (Å²) in [6, 6.07) is 20.2. The summed E-state index contributed by atoms with van der Waals surface area (Å²) in [5.74, 6) is -0.236. The van der Waals surface area contributed by atoms with Crippen molar-refractivity contribution in [3.8, 4) is 17.2 Å². The molecule has 8 nitrogen and oxygen atoms in total. The second kappa shape index (κ2) is 14.2. The molecule has 38 heavy (non-hydrogen) atoms. The van der Waals surface area contributed by atoms with Gasteiger partial charge in [-0.3, -0.25) is 9.59 Å². The number of benzene rings is 3. The van der Waals surface area contributed by atoms with Crippen molar-refractivity contribution in [3.63, 3.8) is 0 Å². The number of hydrogen-bond acceptors (Lipinski definition) is 6. The third kappa shape index (κ3) is 8.34. The van der Waals surface area contributed by atoms with E-state index in [1.54, 1.807) is 43.5 Å². The second-order valence-electron chi connectivity index (χ2n) is 8.73. The van der Waals surface area contributed by atoms with E-state index in [0.29, 0.717) is 41.7 Å². The number of anilines is 1. The van der Waals surface area contributed by atoms with Gasteiger partial charge in [-0.05, 0) is 78.6 Å². The molecule has 2 amide bonds. The van der Waals surface area contributed by atoms with Gasteiger partial charge in [-0.25, -0.2) is 5.43 Å². The summed E-state index contributed by atoms with van der Waals surface area (Å²) >= 11 is 3.43. The number of nitrogens with zero attached hydrogens (tertiary/aromatic N) is 1. The van der Waals surface area contributed by atoms with Crippen LogP contribution in [0.15, 0.2) is 76.3 Å². The Balaban J connectivity index is 1.63. The molecule has 1 unspecified atom stereocenters. The van der Waals surface area contributed by atoms with Gasteiger partial charge in [0.05, 0.1) is 19.9 Å². The van der Waals surface area contributed by atoms with E-state index in [-0.39, 0.29) is 5.92 Å². The molecule has 3 aromatic carbocycles. The van der Waals surface area contributed by atoms with Crippen molar-refractivity contribution in [2.75, 3.05) is 19.0 Å². The van der Waals surface area contributed by atoms with Gasteiger partial charge in [-0.2, -0.15) is 5.10 Å². The van der Waals surface area contributed by atoms with E-state index < -0.39 is 17.7 Å². The fraction of sp³-hybridized carbons (Fsp3) is 0.276. The van der Waals surface area contributed by atoms with Crippen molar-refractivity contribution >= 4 is 39.6 Å². The van der Waals surface area contributed by atoms with E-state index in [9.17, 15) is 9.59 Å². The molecule has 0 bridgehead atoms. The Kier molecular flexibility index (Phi) is 10.7. The molecule has 0 saturated heterocycles. The molecule has 0 aromatic heterocycles. The van der Waals surface area contributed by atoms with Crippen molar-refractivity contribution in [1.82, 2.24) is 5.43 Å². The topological polar surface area (TPSA) is 98.2 Å². The van der Waals surface area contributed by atoms with E-state index in [2.05, 4.69) is 31.8 Å². The number of rotatable bonds is 12. The van der Waals surface area contributed by atoms with Crippen molar-refractivity contribution in [3.05, 3.63) is 82.3 Å². The van der Waals surface area contributed by atoms with Gasteiger partial charge < -0.3 is 19.5 Å². The maximum Gasteiger partial charge on any atom is 0.252 e. The lowest BCUT2D eigenvalue weighted by Gasteiger charge is -2.18. The lowest BCUT2D eigenvalue weighted by atomic mass is 9.94. The molecular formula is C29H32BrN3O5. The maximum atomic E-state index is 12.8. The first-order valence-corrected chi connectivity index (χ1v) is 13.0. The molecule has 0 heterocycles. The Labute approximate surface area is 231 Å². The Hall–Kier alpha value is -3.85. The van der Waals surface area contributed by atoms with E-state index in [1.807, 2.05) is 51.1 Å². The van der Waals surface area contributed by atoms with Crippen LogP contribution in [0.3, 0.4) is 0 Å². The van der Waals surface area contributed by atoms with Gasteiger partial charge >= 0.3 is 0 Å². The van der Waals surface area contributed by atoms with Crippen molar-refractivity contribution in [1.29, 1.82) is 0 Å². The third-order valence-corrected chi connectivity index (χ3v) is 6.08. The highest BCUT2D eigenvalue weighted by Crippen LogP contribution is 2.29. The highest BCUT2D eigenvalue weighted by Gasteiger charge is 2.30. The molecule has 0 radical (unpaired) electrons.